The molecule has 0 aromatic heterocycles. The van der Waals surface area contributed by atoms with Gasteiger partial charge in [-0.15, -0.1) is 0 Å². The second kappa shape index (κ2) is 4.47. The Balaban J connectivity index is 2.53. The van der Waals surface area contributed by atoms with E-state index in [4.69, 9.17) is 11.6 Å². The van der Waals surface area contributed by atoms with Crippen molar-refractivity contribution in [2.24, 2.45) is 5.41 Å². The molecule has 0 heterocycles. The molecule has 104 valence electrons. The van der Waals surface area contributed by atoms with Gasteiger partial charge in [-0.2, -0.15) is 0 Å². The van der Waals surface area contributed by atoms with Crippen LogP contribution < -0.4 is 0 Å². The SMILES string of the molecule is CS(=O)(=O)[C@@H]1[C@H](c2cccc(Cl)c2)[C@@]1(CO)C(=O)O. The molecule has 1 saturated carbocycles. The van der Waals surface area contributed by atoms with Crippen molar-refractivity contribution in [3.8, 4) is 0 Å². The zero-order valence-corrected chi connectivity index (χ0v) is 11.6. The first-order valence-electron chi connectivity index (χ1n) is 5.53. The van der Waals surface area contributed by atoms with E-state index in [1.165, 1.54) is 6.07 Å². The molecular weight excluding hydrogens is 292 g/mol. The molecule has 0 saturated heterocycles. The number of halogens is 1. The third-order valence-corrected chi connectivity index (χ3v) is 5.44. The third kappa shape index (κ3) is 2.13. The number of aliphatic carboxylic acids is 1. The van der Waals surface area contributed by atoms with Gasteiger partial charge in [-0.05, 0) is 17.7 Å². The zero-order chi connectivity index (χ0) is 14.4. The molecule has 0 unspecified atom stereocenters. The van der Waals surface area contributed by atoms with Crippen LogP contribution in [0.3, 0.4) is 0 Å². The summed E-state index contributed by atoms with van der Waals surface area (Å²) in [5.74, 6) is -2.08. The minimum Gasteiger partial charge on any atom is -0.481 e. The van der Waals surface area contributed by atoms with Gasteiger partial charge in [0.05, 0.1) is 11.9 Å². The number of hydrogen-bond acceptors (Lipinski definition) is 4. The van der Waals surface area contributed by atoms with Crippen molar-refractivity contribution >= 4 is 27.4 Å². The van der Waals surface area contributed by atoms with Gasteiger partial charge in [-0.3, -0.25) is 4.79 Å². The van der Waals surface area contributed by atoms with Crippen molar-refractivity contribution in [2.75, 3.05) is 12.9 Å². The molecule has 0 amide bonds. The van der Waals surface area contributed by atoms with E-state index in [9.17, 15) is 23.4 Å². The van der Waals surface area contributed by atoms with Crippen molar-refractivity contribution < 1.29 is 23.4 Å². The first kappa shape index (κ1) is 14.3. The quantitative estimate of drug-likeness (QED) is 0.863. The normalized spacial score (nSPS) is 30.1. The largest absolute Gasteiger partial charge is 0.481 e. The van der Waals surface area contributed by atoms with Crippen LogP contribution in [0.2, 0.25) is 5.02 Å². The van der Waals surface area contributed by atoms with E-state index in [0.717, 1.165) is 6.26 Å². The van der Waals surface area contributed by atoms with E-state index in [2.05, 4.69) is 0 Å². The predicted octanol–water partition coefficient (Wildman–Crippen LogP) is 0.914. The fourth-order valence-electron chi connectivity index (χ4n) is 2.72. The highest BCUT2D eigenvalue weighted by Gasteiger charge is 2.74. The highest BCUT2D eigenvalue weighted by atomic mass is 35.5. The van der Waals surface area contributed by atoms with Gasteiger partial charge < -0.3 is 10.2 Å². The van der Waals surface area contributed by atoms with Gasteiger partial charge >= 0.3 is 5.97 Å². The first-order chi connectivity index (χ1) is 8.75. The van der Waals surface area contributed by atoms with Crippen LogP contribution in [-0.4, -0.2) is 42.7 Å². The summed E-state index contributed by atoms with van der Waals surface area (Å²) in [6.45, 7) is -0.725. The van der Waals surface area contributed by atoms with Gasteiger partial charge in [0.1, 0.15) is 5.41 Å². The minimum atomic E-state index is -3.59. The lowest BCUT2D eigenvalue weighted by Gasteiger charge is -2.08. The number of hydrogen-bond donors (Lipinski definition) is 2. The Hall–Kier alpha value is -1.11. The lowest BCUT2D eigenvalue weighted by molar-refractivity contribution is -0.145. The monoisotopic (exact) mass is 304 g/mol. The Labute approximate surface area is 115 Å². The molecule has 2 N–H and O–H groups in total. The molecule has 1 aromatic rings. The van der Waals surface area contributed by atoms with Crippen LogP contribution in [0.1, 0.15) is 11.5 Å². The fraction of sp³-hybridized carbons (Fsp3) is 0.417. The van der Waals surface area contributed by atoms with Crippen LogP contribution in [0.15, 0.2) is 24.3 Å². The average molecular weight is 305 g/mol. The van der Waals surface area contributed by atoms with Gasteiger partial charge in [0.25, 0.3) is 0 Å². The minimum absolute atomic E-state index is 0.397. The second-order valence-corrected chi connectivity index (χ2v) is 7.39. The summed E-state index contributed by atoms with van der Waals surface area (Å²) in [6.07, 6.45) is 0.982. The maximum absolute atomic E-state index is 11.7. The van der Waals surface area contributed by atoms with Crippen molar-refractivity contribution in [1.82, 2.24) is 0 Å². The van der Waals surface area contributed by atoms with Crippen molar-refractivity contribution in [3.63, 3.8) is 0 Å². The number of carboxylic acids is 1. The number of aliphatic hydroxyl groups excluding tert-OH is 1. The standard InChI is InChI=1S/C12H13ClO5S/c1-19(17,18)10-9(12(10,6-14)11(15)16)7-3-2-4-8(13)5-7/h2-5,9-10,14H,6H2,1H3,(H,15,16)/t9-,10+,12+/m0/s1. The summed E-state index contributed by atoms with van der Waals surface area (Å²) in [6, 6.07) is 6.39. The van der Waals surface area contributed by atoms with Crippen LogP contribution in [0.5, 0.6) is 0 Å². The number of sulfone groups is 1. The zero-order valence-electron chi connectivity index (χ0n) is 10.1. The predicted molar refractivity (Wildman–Crippen MR) is 70.0 cm³/mol. The highest BCUT2D eigenvalue weighted by Crippen LogP contribution is 2.62. The van der Waals surface area contributed by atoms with E-state index in [1.54, 1.807) is 18.2 Å². The van der Waals surface area contributed by atoms with Crippen LogP contribution >= 0.6 is 11.6 Å². The molecule has 7 heteroatoms. The maximum Gasteiger partial charge on any atom is 0.314 e. The number of benzene rings is 1. The fourth-order valence-corrected chi connectivity index (χ4v) is 4.82. The van der Waals surface area contributed by atoms with Crippen molar-refractivity contribution in [2.45, 2.75) is 11.2 Å². The summed E-state index contributed by atoms with van der Waals surface area (Å²) in [4.78, 5) is 11.4. The average Bonchev–Trinajstić information content (AvgIpc) is 2.99. The lowest BCUT2D eigenvalue weighted by atomic mass is 10.0. The summed E-state index contributed by atoms with van der Waals surface area (Å²) < 4.78 is 23.5. The molecule has 0 radical (unpaired) electrons. The van der Waals surface area contributed by atoms with E-state index < -0.39 is 39.0 Å². The van der Waals surface area contributed by atoms with Crippen LogP contribution in [-0.2, 0) is 14.6 Å². The molecule has 1 aromatic carbocycles. The van der Waals surface area contributed by atoms with Gasteiger partial charge in [0.2, 0.25) is 0 Å². The summed E-state index contributed by atoms with van der Waals surface area (Å²) >= 11 is 5.84. The molecule has 0 aliphatic heterocycles. The Morgan fingerprint density at radius 2 is 2.11 bits per heavy atom. The summed E-state index contributed by atoms with van der Waals surface area (Å²) in [5, 5.41) is 17.9. The first-order valence-corrected chi connectivity index (χ1v) is 7.87. The number of carboxylic acid groups (broad SMARTS) is 1. The molecule has 3 atom stereocenters. The molecule has 2 rings (SSSR count). The third-order valence-electron chi connectivity index (χ3n) is 3.59. The molecule has 19 heavy (non-hydrogen) atoms. The molecule has 1 fully saturated rings. The summed E-state index contributed by atoms with van der Waals surface area (Å²) in [5.41, 5.74) is -1.16. The Morgan fingerprint density at radius 1 is 1.47 bits per heavy atom. The Kier molecular flexibility index (Phi) is 3.36. The molecule has 1 aliphatic carbocycles. The van der Waals surface area contributed by atoms with E-state index in [-0.39, 0.29) is 0 Å². The number of carbonyl (C=O) groups is 1. The molecule has 0 bridgehead atoms. The van der Waals surface area contributed by atoms with Crippen molar-refractivity contribution in [1.29, 1.82) is 0 Å². The number of rotatable bonds is 4. The van der Waals surface area contributed by atoms with Crippen LogP contribution in [0, 0.1) is 5.41 Å². The molecule has 1 aliphatic rings. The maximum atomic E-state index is 11.7. The Morgan fingerprint density at radius 3 is 2.47 bits per heavy atom. The smallest absolute Gasteiger partial charge is 0.314 e. The van der Waals surface area contributed by atoms with Gasteiger partial charge in [-0.25, -0.2) is 8.42 Å². The summed E-state index contributed by atoms with van der Waals surface area (Å²) in [7, 11) is -3.59. The lowest BCUT2D eigenvalue weighted by Crippen LogP contribution is -2.27. The Bertz CT molecular complexity index is 627. The molecule has 0 spiro atoms. The van der Waals surface area contributed by atoms with Gasteiger partial charge in [0, 0.05) is 17.2 Å². The number of aliphatic hydroxyl groups is 1. The van der Waals surface area contributed by atoms with E-state index >= 15 is 0 Å². The van der Waals surface area contributed by atoms with Gasteiger partial charge in [0.15, 0.2) is 9.84 Å². The molecule has 5 nitrogen and oxygen atoms in total. The van der Waals surface area contributed by atoms with Gasteiger partial charge in [-0.1, -0.05) is 23.7 Å². The van der Waals surface area contributed by atoms with Crippen LogP contribution in [0.4, 0.5) is 0 Å². The highest BCUT2D eigenvalue weighted by molar-refractivity contribution is 7.91. The van der Waals surface area contributed by atoms with Crippen molar-refractivity contribution in [3.05, 3.63) is 34.9 Å². The van der Waals surface area contributed by atoms with E-state index in [1.807, 2.05) is 0 Å². The second-order valence-electron chi connectivity index (χ2n) is 4.79. The molecular formula is C12H13ClO5S. The topological polar surface area (TPSA) is 91.7 Å². The van der Waals surface area contributed by atoms with Crippen LogP contribution in [0.25, 0.3) is 0 Å². The van der Waals surface area contributed by atoms with E-state index in [0.29, 0.717) is 10.6 Å².